The highest BCUT2D eigenvalue weighted by Crippen LogP contribution is 2.41. The first-order chi connectivity index (χ1) is 7.91. The van der Waals surface area contributed by atoms with Crippen molar-refractivity contribution in [1.29, 1.82) is 0 Å². The summed E-state index contributed by atoms with van der Waals surface area (Å²) in [7, 11) is -1.57. The van der Waals surface area contributed by atoms with Crippen LogP contribution in [0.1, 0.15) is 17.9 Å². The van der Waals surface area contributed by atoms with Crippen LogP contribution in [0.2, 0.25) is 25.2 Å². The van der Waals surface area contributed by atoms with Gasteiger partial charge in [0.05, 0.1) is 8.07 Å². The Kier molecular flexibility index (Phi) is 3.04. The van der Waals surface area contributed by atoms with Crippen LogP contribution in [-0.2, 0) is 9.59 Å². The SMILES string of the molecule is C[Si](C)(C)C1CC(=O)C(c2ccccc2)C1=O. The maximum atomic E-state index is 12.4. The molecule has 90 valence electrons. The number of Topliss-reactive ketones (excluding diaryl/α,β-unsaturated/α-hetero) is 2. The molecule has 0 bridgehead atoms. The molecule has 1 aromatic rings. The molecule has 2 nitrogen and oxygen atoms in total. The molecule has 1 aromatic carbocycles. The number of carbonyl (C=O) groups excluding carboxylic acids is 2. The van der Waals surface area contributed by atoms with Crippen molar-refractivity contribution in [3.05, 3.63) is 35.9 Å². The van der Waals surface area contributed by atoms with Crippen LogP contribution in [0, 0.1) is 0 Å². The Balaban J connectivity index is 2.33. The fraction of sp³-hybridized carbons (Fsp3) is 0.429. The smallest absolute Gasteiger partial charge is 0.148 e. The third kappa shape index (κ3) is 2.25. The van der Waals surface area contributed by atoms with E-state index in [2.05, 4.69) is 19.6 Å². The molecule has 1 saturated carbocycles. The van der Waals surface area contributed by atoms with Crippen LogP contribution in [0.5, 0.6) is 0 Å². The number of hydrogen-bond donors (Lipinski definition) is 0. The van der Waals surface area contributed by atoms with Crippen LogP contribution < -0.4 is 0 Å². The second kappa shape index (κ2) is 4.22. The van der Waals surface area contributed by atoms with Gasteiger partial charge in [-0.25, -0.2) is 0 Å². The molecule has 1 aliphatic carbocycles. The average molecular weight is 246 g/mol. The van der Waals surface area contributed by atoms with Gasteiger partial charge in [-0.2, -0.15) is 0 Å². The Labute approximate surface area is 103 Å². The van der Waals surface area contributed by atoms with E-state index in [9.17, 15) is 9.59 Å². The van der Waals surface area contributed by atoms with E-state index >= 15 is 0 Å². The summed E-state index contributed by atoms with van der Waals surface area (Å²) in [5.74, 6) is -0.234. The van der Waals surface area contributed by atoms with E-state index in [0.717, 1.165) is 5.56 Å². The summed E-state index contributed by atoms with van der Waals surface area (Å²) in [4.78, 5) is 24.4. The van der Waals surface area contributed by atoms with Crippen LogP contribution in [0.25, 0.3) is 0 Å². The molecular formula is C14H18O2Si. The van der Waals surface area contributed by atoms with E-state index in [4.69, 9.17) is 0 Å². The predicted molar refractivity (Wildman–Crippen MR) is 70.9 cm³/mol. The van der Waals surface area contributed by atoms with Crippen LogP contribution in [0.3, 0.4) is 0 Å². The van der Waals surface area contributed by atoms with Crippen molar-refractivity contribution in [1.82, 2.24) is 0 Å². The zero-order chi connectivity index (χ0) is 12.6. The van der Waals surface area contributed by atoms with E-state index in [1.165, 1.54) is 0 Å². The Morgan fingerprint density at radius 3 is 2.12 bits per heavy atom. The Morgan fingerprint density at radius 1 is 1.06 bits per heavy atom. The van der Waals surface area contributed by atoms with Crippen molar-refractivity contribution in [3.63, 3.8) is 0 Å². The summed E-state index contributed by atoms with van der Waals surface area (Å²) < 4.78 is 0. The molecule has 2 atom stereocenters. The van der Waals surface area contributed by atoms with Crippen LogP contribution in [0.15, 0.2) is 30.3 Å². The van der Waals surface area contributed by atoms with Gasteiger partial charge in [0.15, 0.2) is 0 Å². The molecular weight excluding hydrogens is 228 g/mol. The van der Waals surface area contributed by atoms with Gasteiger partial charge in [0.2, 0.25) is 0 Å². The highest BCUT2D eigenvalue weighted by atomic mass is 28.3. The average Bonchev–Trinajstić information content (AvgIpc) is 2.55. The number of benzene rings is 1. The third-order valence-corrected chi connectivity index (χ3v) is 6.11. The standard InChI is InChI=1S/C14H18O2Si/c1-17(2,3)12-9-11(15)13(14(12)16)10-7-5-4-6-8-10/h4-8,12-13H,9H2,1-3H3. The van der Waals surface area contributed by atoms with Crippen molar-refractivity contribution in [2.45, 2.75) is 37.5 Å². The normalized spacial score (nSPS) is 25.4. The second-order valence-electron chi connectivity index (χ2n) is 5.84. The molecule has 0 saturated heterocycles. The second-order valence-corrected chi connectivity index (χ2v) is 11.3. The lowest BCUT2D eigenvalue weighted by molar-refractivity contribution is -0.123. The van der Waals surface area contributed by atoms with Crippen molar-refractivity contribution >= 4 is 19.6 Å². The minimum absolute atomic E-state index is 0.000191. The van der Waals surface area contributed by atoms with Gasteiger partial charge in [-0.15, -0.1) is 0 Å². The summed E-state index contributed by atoms with van der Waals surface area (Å²) in [5, 5.41) is 0. The van der Waals surface area contributed by atoms with Crippen molar-refractivity contribution < 1.29 is 9.59 Å². The predicted octanol–water partition coefficient (Wildman–Crippen LogP) is 3.02. The molecule has 17 heavy (non-hydrogen) atoms. The van der Waals surface area contributed by atoms with Gasteiger partial charge in [0, 0.05) is 12.0 Å². The first-order valence-corrected chi connectivity index (χ1v) is 9.60. The first-order valence-electron chi connectivity index (χ1n) is 6.02. The molecule has 2 rings (SSSR count). The number of rotatable bonds is 2. The van der Waals surface area contributed by atoms with E-state index in [0.29, 0.717) is 6.42 Å². The quantitative estimate of drug-likeness (QED) is 0.594. The largest absolute Gasteiger partial charge is 0.299 e. The van der Waals surface area contributed by atoms with Crippen molar-refractivity contribution in [2.75, 3.05) is 0 Å². The first kappa shape index (κ1) is 12.2. The highest BCUT2D eigenvalue weighted by Gasteiger charge is 2.47. The molecule has 0 heterocycles. The molecule has 3 heteroatoms. The minimum Gasteiger partial charge on any atom is -0.299 e. The zero-order valence-corrected chi connectivity index (χ0v) is 11.6. The van der Waals surface area contributed by atoms with E-state index in [1.54, 1.807) is 0 Å². The van der Waals surface area contributed by atoms with Gasteiger partial charge in [-0.05, 0) is 5.56 Å². The van der Waals surface area contributed by atoms with Gasteiger partial charge < -0.3 is 0 Å². The van der Waals surface area contributed by atoms with E-state index < -0.39 is 14.0 Å². The Morgan fingerprint density at radius 2 is 1.65 bits per heavy atom. The Bertz CT molecular complexity index is 445. The lowest BCUT2D eigenvalue weighted by Gasteiger charge is -2.22. The lowest BCUT2D eigenvalue weighted by Crippen LogP contribution is -2.31. The summed E-state index contributed by atoms with van der Waals surface area (Å²) >= 11 is 0. The van der Waals surface area contributed by atoms with Crippen LogP contribution in [-0.4, -0.2) is 19.6 Å². The molecule has 0 aliphatic heterocycles. The number of carbonyl (C=O) groups is 2. The molecule has 0 radical (unpaired) electrons. The molecule has 0 spiro atoms. The fourth-order valence-corrected chi connectivity index (χ4v) is 4.34. The topological polar surface area (TPSA) is 34.1 Å². The summed E-state index contributed by atoms with van der Waals surface area (Å²) in [5.41, 5.74) is 0.864. The highest BCUT2D eigenvalue weighted by molar-refractivity contribution is 6.81. The molecule has 0 amide bonds. The lowest BCUT2D eigenvalue weighted by atomic mass is 9.96. The molecule has 1 fully saturated rings. The Hall–Kier alpha value is -1.22. The van der Waals surface area contributed by atoms with Crippen molar-refractivity contribution in [2.24, 2.45) is 0 Å². The van der Waals surface area contributed by atoms with Gasteiger partial charge >= 0.3 is 0 Å². The zero-order valence-electron chi connectivity index (χ0n) is 10.6. The van der Waals surface area contributed by atoms with Crippen LogP contribution >= 0.6 is 0 Å². The maximum Gasteiger partial charge on any atom is 0.148 e. The van der Waals surface area contributed by atoms with Crippen LogP contribution in [0.4, 0.5) is 0 Å². The van der Waals surface area contributed by atoms with Crippen molar-refractivity contribution in [3.8, 4) is 0 Å². The molecule has 2 unspecified atom stereocenters. The van der Waals surface area contributed by atoms with Gasteiger partial charge in [0.1, 0.15) is 17.5 Å². The van der Waals surface area contributed by atoms with E-state index in [-0.39, 0.29) is 17.1 Å². The third-order valence-electron chi connectivity index (χ3n) is 3.53. The molecule has 0 N–H and O–H groups in total. The summed E-state index contributed by atoms with van der Waals surface area (Å²) in [6.07, 6.45) is 0.452. The van der Waals surface area contributed by atoms with Gasteiger partial charge in [0.25, 0.3) is 0 Å². The summed E-state index contributed by atoms with van der Waals surface area (Å²) in [6.45, 7) is 6.49. The molecule has 0 aromatic heterocycles. The molecule has 1 aliphatic rings. The van der Waals surface area contributed by atoms with Gasteiger partial charge in [-0.1, -0.05) is 50.0 Å². The summed E-state index contributed by atoms with van der Waals surface area (Å²) in [6, 6.07) is 9.44. The van der Waals surface area contributed by atoms with E-state index in [1.807, 2.05) is 30.3 Å². The minimum atomic E-state index is -1.57. The maximum absolute atomic E-state index is 12.4. The monoisotopic (exact) mass is 246 g/mol. The number of hydrogen-bond acceptors (Lipinski definition) is 2. The number of ketones is 2. The van der Waals surface area contributed by atoms with Gasteiger partial charge in [-0.3, -0.25) is 9.59 Å². The fourth-order valence-electron chi connectivity index (χ4n) is 2.51.